The number of likely N-dealkylation sites (N-methyl/N-ethyl adjacent to an activating group) is 1. The maximum Gasteiger partial charge on any atom is 0.323 e. The molecule has 1 aromatic carbocycles. The van der Waals surface area contributed by atoms with Gasteiger partial charge in [0.1, 0.15) is 12.3 Å². The predicted molar refractivity (Wildman–Crippen MR) is 76.5 cm³/mol. The van der Waals surface area contributed by atoms with Crippen LogP contribution in [-0.2, 0) is 4.79 Å². The van der Waals surface area contributed by atoms with E-state index in [4.69, 9.17) is 21.4 Å². The topological polar surface area (TPSA) is 66.8 Å². The van der Waals surface area contributed by atoms with E-state index in [1.807, 2.05) is 6.92 Å². The standard InChI is InChI=1S/C14H18ClNO4/c1-3-7-20-12-6-5-10(15)8-11(12)14(19)16(4-2)9-13(17)18/h5-6,8H,3-4,7,9H2,1-2H3,(H,17,18). The molecule has 1 amide bonds. The summed E-state index contributed by atoms with van der Waals surface area (Å²) in [5.41, 5.74) is 0.286. The van der Waals surface area contributed by atoms with Crippen molar-refractivity contribution in [3.05, 3.63) is 28.8 Å². The third kappa shape index (κ3) is 4.42. The van der Waals surface area contributed by atoms with Crippen LogP contribution in [0.4, 0.5) is 0 Å². The maximum absolute atomic E-state index is 12.4. The van der Waals surface area contributed by atoms with Gasteiger partial charge in [0.05, 0.1) is 12.2 Å². The number of amides is 1. The third-order valence-electron chi connectivity index (χ3n) is 2.63. The average Bonchev–Trinajstić information content (AvgIpc) is 2.42. The molecule has 0 unspecified atom stereocenters. The molecule has 1 rings (SSSR count). The fraction of sp³-hybridized carbons (Fsp3) is 0.429. The summed E-state index contributed by atoms with van der Waals surface area (Å²) in [7, 11) is 0. The highest BCUT2D eigenvalue weighted by Gasteiger charge is 2.21. The van der Waals surface area contributed by atoms with Gasteiger partial charge in [-0.3, -0.25) is 9.59 Å². The minimum Gasteiger partial charge on any atom is -0.493 e. The summed E-state index contributed by atoms with van der Waals surface area (Å²) in [4.78, 5) is 24.4. The van der Waals surface area contributed by atoms with E-state index in [0.29, 0.717) is 23.9 Å². The molecule has 0 aliphatic heterocycles. The Hall–Kier alpha value is -1.75. The lowest BCUT2D eigenvalue weighted by Gasteiger charge is -2.20. The molecule has 0 saturated heterocycles. The molecule has 6 heteroatoms. The van der Waals surface area contributed by atoms with Crippen LogP contribution >= 0.6 is 11.6 Å². The highest BCUT2D eigenvalue weighted by Crippen LogP contribution is 2.24. The average molecular weight is 300 g/mol. The molecular formula is C14H18ClNO4. The lowest BCUT2D eigenvalue weighted by atomic mass is 10.1. The Morgan fingerprint density at radius 3 is 2.60 bits per heavy atom. The smallest absolute Gasteiger partial charge is 0.323 e. The molecular weight excluding hydrogens is 282 g/mol. The third-order valence-corrected chi connectivity index (χ3v) is 2.86. The predicted octanol–water partition coefficient (Wildman–Crippen LogP) is 2.68. The zero-order valence-corrected chi connectivity index (χ0v) is 12.3. The van der Waals surface area contributed by atoms with E-state index in [1.54, 1.807) is 19.1 Å². The lowest BCUT2D eigenvalue weighted by Crippen LogP contribution is -2.35. The maximum atomic E-state index is 12.4. The summed E-state index contributed by atoms with van der Waals surface area (Å²) in [6.07, 6.45) is 0.808. The number of carbonyl (C=O) groups is 2. The van der Waals surface area contributed by atoms with Gasteiger partial charge in [-0.25, -0.2) is 0 Å². The van der Waals surface area contributed by atoms with Gasteiger partial charge in [0.2, 0.25) is 0 Å². The lowest BCUT2D eigenvalue weighted by molar-refractivity contribution is -0.137. The molecule has 0 spiro atoms. The number of aliphatic carboxylic acids is 1. The Bertz CT molecular complexity index is 490. The number of rotatable bonds is 7. The zero-order chi connectivity index (χ0) is 15.1. The van der Waals surface area contributed by atoms with Crippen molar-refractivity contribution < 1.29 is 19.4 Å². The largest absolute Gasteiger partial charge is 0.493 e. The minimum atomic E-state index is -1.06. The van der Waals surface area contributed by atoms with Crippen LogP contribution in [0, 0.1) is 0 Å². The van der Waals surface area contributed by atoms with Crippen LogP contribution in [0.15, 0.2) is 18.2 Å². The van der Waals surface area contributed by atoms with E-state index in [0.717, 1.165) is 6.42 Å². The number of halogens is 1. The minimum absolute atomic E-state index is 0.286. The number of carboxylic acids is 1. The van der Waals surface area contributed by atoms with Crippen LogP contribution in [0.25, 0.3) is 0 Å². The van der Waals surface area contributed by atoms with Gasteiger partial charge in [0, 0.05) is 11.6 Å². The van der Waals surface area contributed by atoms with Crippen LogP contribution < -0.4 is 4.74 Å². The first-order valence-corrected chi connectivity index (χ1v) is 6.80. The van der Waals surface area contributed by atoms with E-state index >= 15 is 0 Å². The van der Waals surface area contributed by atoms with Gasteiger partial charge < -0.3 is 14.7 Å². The zero-order valence-electron chi connectivity index (χ0n) is 11.6. The molecule has 0 aromatic heterocycles. The van der Waals surface area contributed by atoms with Crippen molar-refractivity contribution in [3.63, 3.8) is 0 Å². The van der Waals surface area contributed by atoms with Gasteiger partial charge in [0.25, 0.3) is 5.91 Å². The molecule has 20 heavy (non-hydrogen) atoms. The number of carboxylic acid groups (broad SMARTS) is 1. The number of hydrogen-bond donors (Lipinski definition) is 1. The highest BCUT2D eigenvalue weighted by atomic mass is 35.5. The summed E-state index contributed by atoms with van der Waals surface area (Å²) in [6, 6.07) is 4.76. The van der Waals surface area contributed by atoms with Gasteiger partial charge in [-0.15, -0.1) is 0 Å². The van der Waals surface area contributed by atoms with E-state index < -0.39 is 11.9 Å². The molecule has 0 radical (unpaired) electrons. The summed E-state index contributed by atoms with van der Waals surface area (Å²) in [5.74, 6) is -1.04. The Labute approximate surface area is 123 Å². The van der Waals surface area contributed by atoms with Crippen molar-refractivity contribution in [2.45, 2.75) is 20.3 Å². The number of benzene rings is 1. The second-order valence-electron chi connectivity index (χ2n) is 4.20. The molecule has 0 aliphatic rings. The van der Waals surface area contributed by atoms with Crippen LogP contribution in [0.3, 0.4) is 0 Å². The van der Waals surface area contributed by atoms with Crippen LogP contribution in [-0.4, -0.2) is 41.6 Å². The van der Waals surface area contributed by atoms with Crippen LogP contribution in [0.2, 0.25) is 5.02 Å². The van der Waals surface area contributed by atoms with Gasteiger partial charge in [-0.2, -0.15) is 0 Å². The highest BCUT2D eigenvalue weighted by molar-refractivity contribution is 6.31. The quantitative estimate of drug-likeness (QED) is 0.840. The summed E-state index contributed by atoms with van der Waals surface area (Å²) < 4.78 is 5.51. The summed E-state index contributed by atoms with van der Waals surface area (Å²) >= 11 is 5.91. The Morgan fingerprint density at radius 1 is 1.35 bits per heavy atom. The monoisotopic (exact) mass is 299 g/mol. The van der Waals surface area contributed by atoms with Crippen molar-refractivity contribution in [3.8, 4) is 5.75 Å². The van der Waals surface area contributed by atoms with E-state index in [9.17, 15) is 9.59 Å². The Kier molecular flexibility index (Phi) is 6.31. The van der Waals surface area contributed by atoms with Crippen molar-refractivity contribution in [2.24, 2.45) is 0 Å². The van der Waals surface area contributed by atoms with Crippen molar-refractivity contribution in [1.82, 2.24) is 4.90 Å². The number of ether oxygens (including phenoxy) is 1. The second-order valence-corrected chi connectivity index (χ2v) is 4.64. The van der Waals surface area contributed by atoms with E-state index in [-0.39, 0.29) is 12.1 Å². The fourth-order valence-corrected chi connectivity index (χ4v) is 1.84. The first kappa shape index (κ1) is 16.3. The first-order chi connectivity index (χ1) is 9.49. The molecule has 0 heterocycles. The van der Waals surface area contributed by atoms with Gasteiger partial charge in [-0.1, -0.05) is 18.5 Å². The van der Waals surface area contributed by atoms with Gasteiger partial charge in [-0.05, 0) is 31.5 Å². The number of carbonyl (C=O) groups excluding carboxylic acids is 1. The van der Waals surface area contributed by atoms with Crippen LogP contribution in [0.1, 0.15) is 30.6 Å². The second kappa shape index (κ2) is 7.75. The van der Waals surface area contributed by atoms with Crippen LogP contribution in [0.5, 0.6) is 5.75 Å². The molecule has 0 fully saturated rings. The fourth-order valence-electron chi connectivity index (χ4n) is 1.67. The van der Waals surface area contributed by atoms with Crippen molar-refractivity contribution >= 4 is 23.5 Å². The molecule has 1 N–H and O–H groups in total. The Balaban J connectivity index is 3.05. The molecule has 110 valence electrons. The number of hydrogen-bond acceptors (Lipinski definition) is 3. The normalized spacial score (nSPS) is 10.2. The summed E-state index contributed by atoms with van der Waals surface area (Å²) in [6.45, 7) is 4.10. The molecule has 5 nitrogen and oxygen atoms in total. The number of nitrogens with zero attached hydrogens (tertiary/aromatic N) is 1. The van der Waals surface area contributed by atoms with E-state index in [1.165, 1.54) is 11.0 Å². The molecule has 0 saturated carbocycles. The molecule has 1 aromatic rings. The van der Waals surface area contributed by atoms with Gasteiger partial charge >= 0.3 is 5.97 Å². The Morgan fingerprint density at radius 2 is 2.05 bits per heavy atom. The van der Waals surface area contributed by atoms with Crippen molar-refractivity contribution in [2.75, 3.05) is 19.7 Å². The SMILES string of the molecule is CCCOc1ccc(Cl)cc1C(=O)N(CC)CC(=O)O. The van der Waals surface area contributed by atoms with Crippen molar-refractivity contribution in [1.29, 1.82) is 0 Å². The first-order valence-electron chi connectivity index (χ1n) is 6.43. The summed E-state index contributed by atoms with van der Waals surface area (Å²) in [5, 5.41) is 9.23. The molecule has 0 aliphatic carbocycles. The van der Waals surface area contributed by atoms with Gasteiger partial charge in [0.15, 0.2) is 0 Å². The molecule has 0 atom stereocenters. The van der Waals surface area contributed by atoms with E-state index in [2.05, 4.69) is 0 Å². The molecule has 0 bridgehead atoms.